The van der Waals surface area contributed by atoms with Crippen LogP contribution in [0.1, 0.15) is 47.7 Å². The molecule has 4 rings (SSSR count). The summed E-state index contributed by atoms with van der Waals surface area (Å²) in [7, 11) is -0.332. The number of hydrogen-bond donors (Lipinski definition) is 2. The summed E-state index contributed by atoms with van der Waals surface area (Å²) >= 11 is 3.43. The van der Waals surface area contributed by atoms with Gasteiger partial charge in [-0.05, 0) is 73.6 Å². The molecule has 1 heterocycles. The number of sulfonamides is 1. The number of aromatic nitrogens is 2. The van der Waals surface area contributed by atoms with E-state index in [0.29, 0.717) is 41.7 Å². The Balaban J connectivity index is 1.77. The van der Waals surface area contributed by atoms with Gasteiger partial charge in [0.2, 0.25) is 10.0 Å². The summed E-state index contributed by atoms with van der Waals surface area (Å²) in [6, 6.07) is 11.2. The quantitative estimate of drug-likeness (QED) is 0.379. The molecule has 1 aromatic heterocycles. The van der Waals surface area contributed by atoms with Gasteiger partial charge in [-0.25, -0.2) is 13.1 Å². The van der Waals surface area contributed by atoms with Crippen LogP contribution in [0.15, 0.2) is 40.9 Å². The molecule has 1 fully saturated rings. The van der Waals surface area contributed by atoms with Crippen LogP contribution in [0.3, 0.4) is 0 Å². The first-order chi connectivity index (χ1) is 15.8. The molecule has 0 unspecified atom stereocenters. The first kappa shape index (κ1) is 23.7. The molecule has 8 nitrogen and oxygen atoms in total. The minimum Gasteiger partial charge on any atom is -0.385 e. The van der Waals surface area contributed by atoms with Crippen LogP contribution in [0.2, 0.25) is 0 Å². The van der Waals surface area contributed by atoms with Crippen molar-refractivity contribution in [3.8, 4) is 5.69 Å². The Bertz CT molecular complexity index is 1270. The summed E-state index contributed by atoms with van der Waals surface area (Å²) < 4.78 is 35.8. The highest BCUT2D eigenvalue weighted by atomic mass is 79.9. The summed E-state index contributed by atoms with van der Waals surface area (Å²) in [5, 5.41) is 8.07. The van der Waals surface area contributed by atoms with Gasteiger partial charge in [0.1, 0.15) is 5.69 Å². The minimum absolute atomic E-state index is 0.0231. The molecule has 0 atom stereocenters. The Morgan fingerprint density at radius 2 is 1.94 bits per heavy atom. The van der Waals surface area contributed by atoms with E-state index >= 15 is 0 Å². The highest BCUT2D eigenvalue weighted by molar-refractivity contribution is 9.10. The molecular formula is C23H27BrN4O4S. The molecule has 10 heteroatoms. The normalized spacial score (nSPS) is 13.9. The minimum atomic E-state index is -3.52. The Morgan fingerprint density at radius 3 is 2.58 bits per heavy atom. The molecule has 2 N–H and O–H groups in total. The van der Waals surface area contributed by atoms with Crippen molar-refractivity contribution < 1.29 is 17.9 Å². The fourth-order valence-electron chi connectivity index (χ4n) is 3.83. The van der Waals surface area contributed by atoms with Crippen LogP contribution in [0.4, 0.5) is 5.69 Å². The first-order valence-corrected chi connectivity index (χ1v) is 13.3. The van der Waals surface area contributed by atoms with Crippen molar-refractivity contribution in [2.75, 3.05) is 31.2 Å². The number of benzene rings is 2. The van der Waals surface area contributed by atoms with Gasteiger partial charge >= 0.3 is 0 Å². The Hall–Kier alpha value is -2.43. The average molecular weight is 535 g/mol. The second-order valence-electron chi connectivity index (χ2n) is 8.17. The Labute approximate surface area is 201 Å². The van der Waals surface area contributed by atoms with Crippen LogP contribution in [0.25, 0.3) is 16.6 Å². The van der Waals surface area contributed by atoms with Crippen molar-refractivity contribution >= 4 is 48.5 Å². The number of methoxy groups -OCH3 is 1. The molecule has 0 aliphatic heterocycles. The number of carbonyl (C=O) groups excluding carboxylic acids is 1. The maximum atomic E-state index is 12.8. The molecule has 2 aromatic carbocycles. The van der Waals surface area contributed by atoms with E-state index < -0.39 is 10.0 Å². The van der Waals surface area contributed by atoms with E-state index in [9.17, 15) is 13.2 Å². The van der Waals surface area contributed by atoms with Gasteiger partial charge in [-0.3, -0.25) is 9.52 Å². The number of amides is 1. The molecule has 0 spiro atoms. The average Bonchev–Trinajstić information content (AvgIpc) is 3.56. The van der Waals surface area contributed by atoms with Gasteiger partial charge in [-0.2, -0.15) is 5.10 Å². The fraction of sp³-hybridized carbons (Fsp3) is 0.391. The Kier molecular flexibility index (Phi) is 7.06. The van der Waals surface area contributed by atoms with Crippen LogP contribution < -0.4 is 10.0 Å². The SMILES string of the molecule is CNC(=O)c1c2cc(C3CC3)c(NS(=O)(=O)CCCCOC)cc2nn1-c1ccc(Br)cc1. The standard InChI is InChI=1S/C23H27BrN4O4S/c1-25-23(29)22-19-13-18(15-5-6-15)21(27-33(30,31)12-4-3-11-32-2)14-20(19)26-28(22)17-9-7-16(24)8-10-17/h7-10,13-15,27H,3-6,11-12H2,1-2H3,(H,25,29). The summed E-state index contributed by atoms with van der Waals surface area (Å²) in [6.07, 6.45) is 3.18. The van der Waals surface area contributed by atoms with Gasteiger partial charge in [0.15, 0.2) is 0 Å². The number of anilines is 1. The number of carbonyl (C=O) groups is 1. The summed E-state index contributed by atoms with van der Waals surface area (Å²) in [6.45, 7) is 0.532. The molecular weight excluding hydrogens is 508 g/mol. The van der Waals surface area contributed by atoms with E-state index in [-0.39, 0.29) is 17.6 Å². The molecule has 33 heavy (non-hydrogen) atoms. The monoisotopic (exact) mass is 534 g/mol. The van der Waals surface area contributed by atoms with Crippen molar-refractivity contribution in [2.45, 2.75) is 31.6 Å². The first-order valence-electron chi connectivity index (χ1n) is 10.9. The maximum Gasteiger partial charge on any atom is 0.270 e. The second kappa shape index (κ2) is 9.82. The van der Waals surface area contributed by atoms with Gasteiger partial charge in [-0.1, -0.05) is 15.9 Å². The van der Waals surface area contributed by atoms with E-state index in [1.165, 1.54) is 0 Å². The molecule has 176 valence electrons. The van der Waals surface area contributed by atoms with Crippen LogP contribution in [-0.2, 0) is 14.8 Å². The molecule has 0 radical (unpaired) electrons. The summed E-state index contributed by atoms with van der Waals surface area (Å²) in [5.41, 5.74) is 3.16. The number of unbranched alkanes of at least 4 members (excludes halogenated alkanes) is 1. The van der Waals surface area contributed by atoms with Crippen molar-refractivity contribution in [1.82, 2.24) is 15.1 Å². The highest BCUT2D eigenvalue weighted by Crippen LogP contribution is 2.45. The lowest BCUT2D eigenvalue weighted by Crippen LogP contribution is -2.22. The highest BCUT2D eigenvalue weighted by Gasteiger charge is 2.30. The number of nitrogens with zero attached hydrogens (tertiary/aromatic N) is 2. The lowest BCUT2D eigenvalue weighted by Gasteiger charge is -2.13. The lowest BCUT2D eigenvalue weighted by atomic mass is 10.0. The molecule has 1 saturated carbocycles. The third-order valence-electron chi connectivity index (χ3n) is 5.65. The van der Waals surface area contributed by atoms with Gasteiger partial charge < -0.3 is 10.1 Å². The van der Waals surface area contributed by atoms with Gasteiger partial charge in [-0.15, -0.1) is 0 Å². The van der Waals surface area contributed by atoms with Crippen molar-refractivity contribution in [3.63, 3.8) is 0 Å². The molecule has 1 aliphatic rings. The molecule has 3 aromatic rings. The van der Waals surface area contributed by atoms with Crippen LogP contribution >= 0.6 is 15.9 Å². The van der Waals surface area contributed by atoms with Gasteiger partial charge in [0.05, 0.1) is 22.6 Å². The predicted molar refractivity (Wildman–Crippen MR) is 133 cm³/mol. The van der Waals surface area contributed by atoms with Crippen molar-refractivity contribution in [1.29, 1.82) is 0 Å². The zero-order valence-corrected chi connectivity index (χ0v) is 21.0. The summed E-state index contributed by atoms with van der Waals surface area (Å²) in [4.78, 5) is 12.8. The van der Waals surface area contributed by atoms with Gasteiger partial charge in [0, 0.05) is 30.6 Å². The zero-order valence-electron chi connectivity index (χ0n) is 18.6. The molecule has 0 saturated heterocycles. The summed E-state index contributed by atoms with van der Waals surface area (Å²) in [5.74, 6) is 0.0396. The number of rotatable bonds is 10. The molecule has 0 bridgehead atoms. The number of fused-ring (bicyclic) bond motifs is 1. The number of halogens is 1. The van der Waals surface area contributed by atoms with E-state index in [2.05, 4.69) is 31.1 Å². The third kappa shape index (κ3) is 5.39. The second-order valence-corrected chi connectivity index (χ2v) is 10.9. The smallest absolute Gasteiger partial charge is 0.270 e. The van der Waals surface area contributed by atoms with Crippen molar-refractivity contribution in [2.24, 2.45) is 0 Å². The largest absolute Gasteiger partial charge is 0.385 e. The fourth-order valence-corrected chi connectivity index (χ4v) is 5.30. The van der Waals surface area contributed by atoms with E-state index in [1.807, 2.05) is 30.3 Å². The van der Waals surface area contributed by atoms with Crippen LogP contribution in [-0.4, -0.2) is 50.6 Å². The maximum absolute atomic E-state index is 12.8. The third-order valence-corrected chi connectivity index (χ3v) is 7.54. The topological polar surface area (TPSA) is 102 Å². The van der Waals surface area contributed by atoms with Crippen molar-refractivity contribution in [3.05, 3.63) is 52.1 Å². The van der Waals surface area contributed by atoms with Crippen LogP contribution in [0, 0.1) is 0 Å². The number of ether oxygens (including phenoxy) is 1. The molecule has 1 aliphatic carbocycles. The van der Waals surface area contributed by atoms with E-state index in [0.717, 1.165) is 28.6 Å². The lowest BCUT2D eigenvalue weighted by molar-refractivity contribution is 0.0957. The van der Waals surface area contributed by atoms with E-state index in [4.69, 9.17) is 4.74 Å². The van der Waals surface area contributed by atoms with E-state index in [1.54, 1.807) is 24.9 Å². The molecule has 1 amide bonds. The zero-order chi connectivity index (χ0) is 23.6. The Morgan fingerprint density at radius 1 is 1.21 bits per heavy atom. The number of hydrogen-bond acceptors (Lipinski definition) is 5. The van der Waals surface area contributed by atoms with Gasteiger partial charge in [0.25, 0.3) is 5.91 Å². The predicted octanol–water partition coefficient (Wildman–Crippen LogP) is 4.19. The van der Waals surface area contributed by atoms with Crippen LogP contribution in [0.5, 0.6) is 0 Å². The number of nitrogens with one attached hydrogen (secondary N) is 2.